The van der Waals surface area contributed by atoms with E-state index in [0.717, 1.165) is 0 Å². The second-order valence-corrected chi connectivity index (χ2v) is 6.08. The van der Waals surface area contributed by atoms with E-state index in [0.29, 0.717) is 0 Å². The van der Waals surface area contributed by atoms with Crippen LogP contribution in [0.1, 0.15) is 23.6 Å². The van der Waals surface area contributed by atoms with Crippen molar-refractivity contribution >= 4 is 22.7 Å². The van der Waals surface area contributed by atoms with E-state index in [1.165, 1.54) is 16.7 Å². The van der Waals surface area contributed by atoms with E-state index in [9.17, 15) is 0 Å². The fourth-order valence-electron chi connectivity index (χ4n) is 2.37. The molecule has 2 heterocycles. The van der Waals surface area contributed by atoms with Crippen molar-refractivity contribution in [2.45, 2.75) is 12.3 Å². The smallest absolute Gasteiger partial charge is 0.0439 e. The molecule has 3 rings (SSSR count). The molecule has 1 aromatic carbocycles. The Morgan fingerprint density at radius 1 is 0.722 bits per heavy atom. The fourth-order valence-corrected chi connectivity index (χ4v) is 3.90. The van der Waals surface area contributed by atoms with Gasteiger partial charge in [-0.3, -0.25) is 0 Å². The second kappa shape index (κ2) is 4.71. The highest BCUT2D eigenvalue weighted by Gasteiger charge is 2.31. The lowest BCUT2D eigenvalue weighted by Crippen LogP contribution is -2.23. The number of hydrogen-bond donors (Lipinski definition) is 0. The average molecular weight is 270 g/mol. The van der Waals surface area contributed by atoms with Gasteiger partial charge in [0.1, 0.15) is 0 Å². The zero-order chi connectivity index (χ0) is 12.4. The van der Waals surface area contributed by atoms with Gasteiger partial charge in [-0.15, -0.1) is 0 Å². The molecule has 0 bridgehead atoms. The van der Waals surface area contributed by atoms with Crippen molar-refractivity contribution in [3.05, 3.63) is 80.7 Å². The van der Waals surface area contributed by atoms with Gasteiger partial charge in [-0.2, -0.15) is 22.7 Å². The molecule has 90 valence electrons. The summed E-state index contributed by atoms with van der Waals surface area (Å²) in [6, 6.07) is 15.2. The van der Waals surface area contributed by atoms with Gasteiger partial charge in [0.2, 0.25) is 0 Å². The van der Waals surface area contributed by atoms with Gasteiger partial charge in [0.25, 0.3) is 0 Å². The summed E-state index contributed by atoms with van der Waals surface area (Å²) >= 11 is 3.52. The van der Waals surface area contributed by atoms with Crippen LogP contribution in [-0.4, -0.2) is 0 Å². The Morgan fingerprint density at radius 3 is 1.72 bits per heavy atom. The minimum Gasteiger partial charge on any atom is -0.152 e. The molecule has 0 saturated heterocycles. The minimum absolute atomic E-state index is 0.0404. The molecule has 0 amide bonds. The number of thiophene rings is 2. The highest BCUT2D eigenvalue weighted by Crippen LogP contribution is 2.40. The van der Waals surface area contributed by atoms with Crippen molar-refractivity contribution < 1.29 is 0 Å². The van der Waals surface area contributed by atoms with Crippen LogP contribution in [0.25, 0.3) is 0 Å². The summed E-state index contributed by atoms with van der Waals surface area (Å²) in [6.07, 6.45) is 0. The first-order chi connectivity index (χ1) is 8.82. The van der Waals surface area contributed by atoms with Crippen molar-refractivity contribution in [2.75, 3.05) is 0 Å². The molecule has 0 radical (unpaired) electrons. The standard InChI is InChI=1S/C16H14S2/c1-16(14-7-9-17-11-14,15-8-10-18-12-15)13-5-3-2-4-6-13/h2-12H,1H3. The lowest BCUT2D eigenvalue weighted by molar-refractivity contribution is 0.699. The van der Waals surface area contributed by atoms with Crippen molar-refractivity contribution in [3.63, 3.8) is 0 Å². The largest absolute Gasteiger partial charge is 0.152 e. The molecule has 18 heavy (non-hydrogen) atoms. The third-order valence-electron chi connectivity index (χ3n) is 3.55. The lowest BCUT2D eigenvalue weighted by atomic mass is 9.73. The topological polar surface area (TPSA) is 0 Å². The Bertz CT molecular complexity index is 558. The van der Waals surface area contributed by atoms with Crippen LogP contribution in [0.5, 0.6) is 0 Å². The lowest BCUT2D eigenvalue weighted by Gasteiger charge is -2.29. The summed E-state index contributed by atoms with van der Waals surface area (Å²) in [5.74, 6) is 0. The van der Waals surface area contributed by atoms with Crippen LogP contribution in [0, 0.1) is 0 Å². The molecule has 2 heteroatoms. The summed E-state index contributed by atoms with van der Waals surface area (Å²) in [5, 5.41) is 8.82. The van der Waals surface area contributed by atoms with E-state index in [-0.39, 0.29) is 5.41 Å². The van der Waals surface area contributed by atoms with Crippen molar-refractivity contribution in [3.8, 4) is 0 Å². The Balaban J connectivity index is 2.22. The van der Waals surface area contributed by atoms with E-state index in [4.69, 9.17) is 0 Å². The molecular formula is C16H14S2. The summed E-state index contributed by atoms with van der Waals surface area (Å²) in [7, 11) is 0. The Hall–Kier alpha value is -1.38. The van der Waals surface area contributed by atoms with Gasteiger partial charge >= 0.3 is 0 Å². The second-order valence-electron chi connectivity index (χ2n) is 4.52. The van der Waals surface area contributed by atoms with Gasteiger partial charge in [-0.1, -0.05) is 30.3 Å². The van der Waals surface area contributed by atoms with Crippen LogP contribution < -0.4 is 0 Å². The molecule has 2 aromatic heterocycles. The number of rotatable bonds is 3. The maximum atomic E-state index is 2.31. The molecule has 0 N–H and O–H groups in total. The number of hydrogen-bond acceptors (Lipinski definition) is 2. The molecule has 0 saturated carbocycles. The van der Waals surface area contributed by atoms with Gasteiger partial charge in [-0.05, 0) is 57.3 Å². The van der Waals surface area contributed by atoms with E-state index in [2.05, 4.69) is 70.9 Å². The Morgan fingerprint density at radius 2 is 1.28 bits per heavy atom. The zero-order valence-electron chi connectivity index (χ0n) is 10.2. The maximum absolute atomic E-state index is 2.31. The number of benzene rings is 1. The summed E-state index contributed by atoms with van der Waals surface area (Å²) < 4.78 is 0. The highest BCUT2D eigenvalue weighted by molar-refractivity contribution is 7.08. The SMILES string of the molecule is CC(c1ccccc1)(c1ccsc1)c1ccsc1. The first-order valence-electron chi connectivity index (χ1n) is 5.92. The van der Waals surface area contributed by atoms with Crippen LogP contribution in [-0.2, 0) is 5.41 Å². The Labute approximate surface area is 116 Å². The third-order valence-corrected chi connectivity index (χ3v) is 4.91. The fraction of sp³-hybridized carbons (Fsp3) is 0.125. The van der Waals surface area contributed by atoms with E-state index < -0.39 is 0 Å². The molecule has 0 spiro atoms. The maximum Gasteiger partial charge on any atom is 0.0439 e. The van der Waals surface area contributed by atoms with Crippen LogP contribution in [0.15, 0.2) is 64.0 Å². The minimum atomic E-state index is -0.0404. The van der Waals surface area contributed by atoms with Gasteiger partial charge in [0.15, 0.2) is 0 Å². The van der Waals surface area contributed by atoms with E-state index in [1.54, 1.807) is 22.7 Å². The molecule has 0 aliphatic rings. The van der Waals surface area contributed by atoms with Gasteiger partial charge in [-0.25, -0.2) is 0 Å². The molecule has 0 fully saturated rings. The van der Waals surface area contributed by atoms with Crippen LogP contribution in [0.2, 0.25) is 0 Å². The van der Waals surface area contributed by atoms with Crippen LogP contribution in [0.3, 0.4) is 0 Å². The quantitative estimate of drug-likeness (QED) is 0.616. The molecular weight excluding hydrogens is 256 g/mol. The molecule has 0 atom stereocenters. The van der Waals surface area contributed by atoms with Crippen molar-refractivity contribution in [1.82, 2.24) is 0 Å². The van der Waals surface area contributed by atoms with Crippen molar-refractivity contribution in [2.24, 2.45) is 0 Å². The van der Waals surface area contributed by atoms with Gasteiger partial charge in [0.05, 0.1) is 0 Å². The average Bonchev–Trinajstić information content (AvgIpc) is 3.12. The predicted octanol–water partition coefficient (Wildman–Crippen LogP) is 5.16. The molecule has 0 unspecified atom stereocenters. The summed E-state index contributed by atoms with van der Waals surface area (Å²) in [6.45, 7) is 2.31. The van der Waals surface area contributed by atoms with Gasteiger partial charge < -0.3 is 0 Å². The van der Waals surface area contributed by atoms with Gasteiger partial charge in [0, 0.05) is 5.41 Å². The first kappa shape index (κ1) is 11.7. The summed E-state index contributed by atoms with van der Waals surface area (Å²) in [5.41, 5.74) is 4.05. The van der Waals surface area contributed by atoms with Crippen molar-refractivity contribution in [1.29, 1.82) is 0 Å². The monoisotopic (exact) mass is 270 g/mol. The summed E-state index contributed by atoms with van der Waals surface area (Å²) in [4.78, 5) is 0. The zero-order valence-corrected chi connectivity index (χ0v) is 11.8. The molecule has 0 aliphatic carbocycles. The molecule has 3 aromatic rings. The normalized spacial score (nSPS) is 11.6. The third kappa shape index (κ3) is 1.82. The van der Waals surface area contributed by atoms with Crippen LogP contribution >= 0.6 is 22.7 Å². The van der Waals surface area contributed by atoms with Crippen LogP contribution in [0.4, 0.5) is 0 Å². The van der Waals surface area contributed by atoms with E-state index in [1.807, 2.05) is 0 Å². The Kier molecular flexibility index (Phi) is 3.06. The highest BCUT2D eigenvalue weighted by atomic mass is 32.1. The first-order valence-corrected chi connectivity index (χ1v) is 7.81. The molecule has 0 nitrogen and oxygen atoms in total. The predicted molar refractivity (Wildman–Crippen MR) is 80.6 cm³/mol. The molecule has 0 aliphatic heterocycles. The van der Waals surface area contributed by atoms with E-state index >= 15 is 0 Å².